The summed E-state index contributed by atoms with van der Waals surface area (Å²) in [6.45, 7) is -0.00847. The minimum absolute atomic E-state index is 0.0100. The van der Waals surface area contributed by atoms with Gasteiger partial charge in [0.1, 0.15) is 18.0 Å². The van der Waals surface area contributed by atoms with E-state index in [9.17, 15) is 26.7 Å². The van der Waals surface area contributed by atoms with Crippen LogP contribution in [0.3, 0.4) is 0 Å². The van der Waals surface area contributed by atoms with Gasteiger partial charge in [-0.1, -0.05) is 6.07 Å². The van der Waals surface area contributed by atoms with Crippen LogP contribution in [0.4, 0.5) is 26.3 Å². The smallest absolute Gasteiger partial charge is 0.433 e. The molecule has 2 aromatic heterocycles. The molecule has 0 spiro atoms. The highest BCUT2D eigenvalue weighted by Crippen LogP contribution is 2.48. The summed E-state index contributed by atoms with van der Waals surface area (Å²) in [4.78, 5) is 15.4. The van der Waals surface area contributed by atoms with E-state index in [-0.39, 0.29) is 40.8 Å². The van der Waals surface area contributed by atoms with Crippen LogP contribution < -0.4 is 15.8 Å². The standard InChI is InChI=1S/C22H19F6N3O3/c1-10-15(20(29)32)17-14(34-10)7-13(23)18(16(17)12-4-6-30-9-21(12,24)25)33-8-11-3-2-5-31-19(11)22(26,27)28/h2-3,5,7,12,30H,4,6,8-9H2,1H3,(H2,29,32). The first-order valence-corrected chi connectivity index (χ1v) is 10.2. The number of hydrogen-bond acceptors (Lipinski definition) is 5. The van der Waals surface area contributed by atoms with Crippen molar-refractivity contribution < 1.29 is 40.3 Å². The van der Waals surface area contributed by atoms with Crippen molar-refractivity contribution >= 4 is 16.9 Å². The minimum atomic E-state index is -4.81. The first kappa shape index (κ1) is 23.9. The van der Waals surface area contributed by atoms with Gasteiger partial charge in [0.05, 0.1) is 18.0 Å². The molecule has 182 valence electrons. The monoisotopic (exact) mass is 487 g/mol. The predicted molar refractivity (Wildman–Crippen MR) is 108 cm³/mol. The second-order valence-electron chi connectivity index (χ2n) is 7.95. The zero-order valence-electron chi connectivity index (χ0n) is 17.7. The number of carbonyl (C=O) groups is 1. The van der Waals surface area contributed by atoms with Crippen LogP contribution in [0.15, 0.2) is 28.8 Å². The molecule has 1 aromatic carbocycles. The van der Waals surface area contributed by atoms with Crippen LogP contribution in [0.5, 0.6) is 5.75 Å². The van der Waals surface area contributed by atoms with Crippen LogP contribution in [-0.4, -0.2) is 29.9 Å². The maximum atomic E-state index is 15.2. The number of amides is 1. The number of alkyl halides is 5. The number of piperidine rings is 1. The molecule has 0 radical (unpaired) electrons. The molecule has 1 saturated heterocycles. The number of rotatable bonds is 5. The molecule has 3 heterocycles. The number of aromatic nitrogens is 1. The van der Waals surface area contributed by atoms with Gasteiger partial charge in [-0.15, -0.1) is 0 Å². The fourth-order valence-corrected chi connectivity index (χ4v) is 4.29. The van der Waals surface area contributed by atoms with Crippen LogP contribution in [-0.2, 0) is 12.8 Å². The maximum absolute atomic E-state index is 15.2. The molecule has 1 aliphatic rings. The van der Waals surface area contributed by atoms with E-state index in [0.29, 0.717) is 0 Å². The fraction of sp³-hybridized carbons (Fsp3) is 0.364. The molecule has 1 aliphatic heterocycles. The van der Waals surface area contributed by atoms with Gasteiger partial charge in [0.2, 0.25) is 0 Å². The summed E-state index contributed by atoms with van der Waals surface area (Å²) < 4.78 is 95.9. The summed E-state index contributed by atoms with van der Waals surface area (Å²) in [6, 6.07) is 3.16. The number of carbonyl (C=O) groups excluding carboxylic acids is 1. The normalized spacial score (nSPS) is 18.3. The third-order valence-electron chi connectivity index (χ3n) is 5.71. The number of ether oxygens (including phenoxy) is 1. The largest absolute Gasteiger partial charge is 0.485 e. The Labute approximate surface area is 189 Å². The first-order valence-electron chi connectivity index (χ1n) is 10.2. The number of benzene rings is 1. The topological polar surface area (TPSA) is 90.4 Å². The Bertz CT molecular complexity index is 1250. The molecular weight excluding hydrogens is 468 g/mol. The van der Waals surface area contributed by atoms with Crippen LogP contribution in [0.1, 0.15) is 45.3 Å². The number of furan rings is 1. The fourth-order valence-electron chi connectivity index (χ4n) is 4.29. The SMILES string of the molecule is Cc1oc2cc(F)c(OCc3cccnc3C(F)(F)F)c(C3CCNCC3(F)F)c2c1C(N)=O. The highest BCUT2D eigenvalue weighted by molar-refractivity contribution is 6.08. The van der Waals surface area contributed by atoms with Gasteiger partial charge in [0.15, 0.2) is 17.3 Å². The van der Waals surface area contributed by atoms with E-state index >= 15 is 4.39 Å². The average Bonchev–Trinajstić information content (AvgIpc) is 3.07. The summed E-state index contributed by atoms with van der Waals surface area (Å²) in [6.07, 6.45) is -4.04. The third kappa shape index (κ3) is 4.17. The number of nitrogens with zero attached hydrogens (tertiary/aromatic N) is 1. The second kappa shape index (κ2) is 8.49. The van der Waals surface area contributed by atoms with Gasteiger partial charge in [-0.05, 0) is 26.0 Å². The Morgan fingerprint density at radius 2 is 2.12 bits per heavy atom. The molecular formula is C22H19F6N3O3. The number of pyridine rings is 1. The summed E-state index contributed by atoms with van der Waals surface area (Å²) >= 11 is 0. The molecule has 0 saturated carbocycles. The third-order valence-corrected chi connectivity index (χ3v) is 5.71. The molecule has 1 unspecified atom stereocenters. The van der Waals surface area contributed by atoms with Gasteiger partial charge in [0, 0.05) is 28.8 Å². The number of hydrogen-bond donors (Lipinski definition) is 2. The molecule has 0 bridgehead atoms. The lowest BCUT2D eigenvalue weighted by Crippen LogP contribution is -2.44. The average molecular weight is 487 g/mol. The lowest BCUT2D eigenvalue weighted by Gasteiger charge is -2.33. The molecule has 4 rings (SSSR count). The van der Waals surface area contributed by atoms with Crippen molar-refractivity contribution in [2.75, 3.05) is 13.1 Å². The molecule has 3 N–H and O–H groups in total. The minimum Gasteiger partial charge on any atom is -0.485 e. The van der Waals surface area contributed by atoms with Gasteiger partial charge in [-0.25, -0.2) is 13.2 Å². The van der Waals surface area contributed by atoms with E-state index in [2.05, 4.69) is 10.3 Å². The number of aryl methyl sites for hydroxylation is 1. The van der Waals surface area contributed by atoms with E-state index < -0.39 is 59.9 Å². The van der Waals surface area contributed by atoms with Gasteiger partial charge in [-0.3, -0.25) is 9.78 Å². The van der Waals surface area contributed by atoms with Crippen LogP contribution >= 0.6 is 0 Å². The quantitative estimate of drug-likeness (QED) is 0.510. The number of nitrogens with two attached hydrogens (primary N) is 1. The molecule has 1 amide bonds. The van der Waals surface area contributed by atoms with Crippen molar-refractivity contribution in [1.82, 2.24) is 10.3 Å². The number of halogens is 6. The molecule has 12 heteroatoms. The predicted octanol–water partition coefficient (Wildman–Crippen LogP) is 4.68. The van der Waals surface area contributed by atoms with E-state index in [4.69, 9.17) is 14.9 Å². The molecule has 34 heavy (non-hydrogen) atoms. The highest BCUT2D eigenvalue weighted by atomic mass is 19.4. The van der Waals surface area contributed by atoms with Gasteiger partial charge >= 0.3 is 6.18 Å². The summed E-state index contributed by atoms with van der Waals surface area (Å²) in [7, 11) is 0. The van der Waals surface area contributed by atoms with Crippen molar-refractivity contribution in [2.45, 2.75) is 38.0 Å². The van der Waals surface area contributed by atoms with Crippen LogP contribution in [0.2, 0.25) is 0 Å². The van der Waals surface area contributed by atoms with Crippen molar-refractivity contribution in [2.24, 2.45) is 5.73 Å². The van der Waals surface area contributed by atoms with E-state index in [1.165, 1.54) is 13.0 Å². The van der Waals surface area contributed by atoms with E-state index in [1.807, 2.05) is 0 Å². The van der Waals surface area contributed by atoms with Crippen LogP contribution in [0.25, 0.3) is 11.0 Å². The zero-order chi connectivity index (χ0) is 24.8. The zero-order valence-corrected chi connectivity index (χ0v) is 17.7. The molecule has 1 atom stereocenters. The number of primary amides is 1. The first-order chi connectivity index (χ1) is 15.9. The van der Waals surface area contributed by atoms with Crippen molar-refractivity contribution in [3.05, 3.63) is 58.4 Å². The van der Waals surface area contributed by atoms with E-state index in [1.54, 1.807) is 0 Å². The number of nitrogens with one attached hydrogen (secondary N) is 1. The second-order valence-corrected chi connectivity index (χ2v) is 7.95. The highest BCUT2D eigenvalue weighted by Gasteiger charge is 2.46. The summed E-state index contributed by atoms with van der Waals surface area (Å²) in [5, 5.41) is 2.41. The van der Waals surface area contributed by atoms with Crippen molar-refractivity contribution in [1.29, 1.82) is 0 Å². The molecule has 1 fully saturated rings. The Kier molecular flexibility index (Phi) is 5.96. The Balaban J connectivity index is 1.91. The molecule has 0 aliphatic carbocycles. The number of fused-ring (bicyclic) bond motifs is 1. The van der Waals surface area contributed by atoms with Crippen LogP contribution in [0, 0.1) is 12.7 Å². The maximum Gasteiger partial charge on any atom is 0.433 e. The lowest BCUT2D eigenvalue weighted by atomic mass is 9.83. The Hall–Kier alpha value is -3.28. The lowest BCUT2D eigenvalue weighted by molar-refractivity contribution is -0.142. The Morgan fingerprint density at radius 3 is 2.76 bits per heavy atom. The van der Waals surface area contributed by atoms with Gasteiger partial charge < -0.3 is 20.2 Å². The summed E-state index contributed by atoms with van der Waals surface area (Å²) in [5.41, 5.74) is 2.99. The van der Waals surface area contributed by atoms with Crippen molar-refractivity contribution in [3.63, 3.8) is 0 Å². The van der Waals surface area contributed by atoms with E-state index in [0.717, 1.165) is 18.3 Å². The summed E-state index contributed by atoms with van der Waals surface area (Å²) in [5.74, 6) is -7.82. The van der Waals surface area contributed by atoms with Gasteiger partial charge in [-0.2, -0.15) is 13.2 Å². The molecule has 6 nitrogen and oxygen atoms in total. The Morgan fingerprint density at radius 1 is 1.38 bits per heavy atom. The van der Waals surface area contributed by atoms with Crippen molar-refractivity contribution in [3.8, 4) is 5.75 Å². The molecule has 3 aromatic rings. The van der Waals surface area contributed by atoms with Gasteiger partial charge in [0.25, 0.3) is 11.8 Å².